The van der Waals surface area contributed by atoms with E-state index in [1.807, 2.05) is 30.3 Å². The summed E-state index contributed by atoms with van der Waals surface area (Å²) in [6.45, 7) is 2.83. The van der Waals surface area contributed by atoms with Crippen LogP contribution in [0, 0.1) is 5.41 Å². The Hall–Kier alpha value is -0.400. The molecule has 96 valence electrons. The van der Waals surface area contributed by atoms with Crippen LogP contribution in [0.25, 0.3) is 0 Å². The summed E-state index contributed by atoms with van der Waals surface area (Å²) in [7, 11) is 0. The van der Waals surface area contributed by atoms with E-state index >= 15 is 0 Å². The highest BCUT2D eigenvalue weighted by atomic mass is 35.5. The number of hydrogen-bond acceptors (Lipinski definition) is 1. The normalized spacial score (nSPS) is 11.5. The number of rotatable bonds is 8. The summed E-state index contributed by atoms with van der Waals surface area (Å²) in [5.41, 5.74) is 0.0205. The fourth-order valence-corrected chi connectivity index (χ4v) is 2.68. The van der Waals surface area contributed by atoms with E-state index in [1.54, 1.807) is 0 Å². The van der Waals surface area contributed by atoms with Crippen LogP contribution in [0.4, 0.5) is 0 Å². The quantitative estimate of drug-likeness (QED) is 0.624. The maximum Gasteiger partial charge on any atom is 0.119 e. The van der Waals surface area contributed by atoms with E-state index in [2.05, 4.69) is 6.92 Å². The van der Waals surface area contributed by atoms with E-state index in [0.29, 0.717) is 18.4 Å². The van der Waals surface area contributed by atoms with E-state index in [-0.39, 0.29) is 5.41 Å². The van der Waals surface area contributed by atoms with Crippen LogP contribution < -0.4 is 4.74 Å². The molecule has 17 heavy (non-hydrogen) atoms. The molecule has 0 radical (unpaired) electrons. The zero-order chi connectivity index (χ0) is 12.6. The van der Waals surface area contributed by atoms with Gasteiger partial charge < -0.3 is 4.74 Å². The molecule has 1 nitrogen and oxygen atoms in total. The van der Waals surface area contributed by atoms with E-state index in [0.717, 1.165) is 25.0 Å². The van der Waals surface area contributed by atoms with E-state index in [9.17, 15) is 0 Å². The van der Waals surface area contributed by atoms with Crippen molar-refractivity contribution >= 4 is 23.2 Å². The molecule has 0 aromatic heterocycles. The van der Waals surface area contributed by atoms with Gasteiger partial charge in [-0.1, -0.05) is 31.5 Å². The molecule has 0 atom stereocenters. The summed E-state index contributed by atoms with van der Waals surface area (Å²) in [6, 6.07) is 9.84. The van der Waals surface area contributed by atoms with Crippen molar-refractivity contribution in [2.24, 2.45) is 5.41 Å². The van der Waals surface area contributed by atoms with Gasteiger partial charge in [-0.05, 0) is 25.0 Å². The van der Waals surface area contributed by atoms with Gasteiger partial charge in [0.25, 0.3) is 0 Å². The molecule has 0 saturated heterocycles. The van der Waals surface area contributed by atoms with Crippen LogP contribution in [0.2, 0.25) is 0 Å². The van der Waals surface area contributed by atoms with Gasteiger partial charge in [-0.2, -0.15) is 0 Å². The first-order valence-corrected chi connectivity index (χ1v) is 7.13. The Morgan fingerprint density at radius 3 is 2.24 bits per heavy atom. The predicted molar refractivity (Wildman–Crippen MR) is 75.3 cm³/mol. The fraction of sp³-hybridized carbons (Fsp3) is 0.571. The molecule has 0 spiro atoms. The van der Waals surface area contributed by atoms with Crippen LogP contribution in [-0.4, -0.2) is 18.4 Å². The predicted octanol–water partition coefficient (Wildman–Crippen LogP) is 4.72. The third-order valence-electron chi connectivity index (χ3n) is 2.99. The molecule has 0 N–H and O–H groups in total. The van der Waals surface area contributed by atoms with Gasteiger partial charge in [0, 0.05) is 17.2 Å². The fourth-order valence-electron chi connectivity index (χ4n) is 1.86. The summed E-state index contributed by atoms with van der Waals surface area (Å²) in [5, 5.41) is 0. The van der Waals surface area contributed by atoms with E-state index in [1.165, 1.54) is 0 Å². The van der Waals surface area contributed by atoms with Crippen LogP contribution in [0.3, 0.4) is 0 Å². The Labute approximate surface area is 114 Å². The van der Waals surface area contributed by atoms with E-state index in [4.69, 9.17) is 27.9 Å². The Kier molecular flexibility index (Phi) is 6.76. The van der Waals surface area contributed by atoms with Gasteiger partial charge in [-0.25, -0.2) is 0 Å². The highest BCUT2D eigenvalue weighted by Crippen LogP contribution is 2.31. The molecule has 0 fully saturated rings. The van der Waals surface area contributed by atoms with Gasteiger partial charge in [0.2, 0.25) is 0 Å². The number of benzene rings is 1. The molecule has 0 aliphatic heterocycles. The molecule has 0 amide bonds. The molecular weight excluding hydrogens is 255 g/mol. The number of hydrogen-bond donors (Lipinski definition) is 0. The molecule has 0 bridgehead atoms. The van der Waals surface area contributed by atoms with Crippen molar-refractivity contribution in [2.45, 2.75) is 26.2 Å². The summed E-state index contributed by atoms with van der Waals surface area (Å²) >= 11 is 12.1. The third kappa shape index (κ3) is 4.77. The zero-order valence-electron chi connectivity index (χ0n) is 10.3. The second kappa shape index (κ2) is 7.84. The average Bonchev–Trinajstić information content (AvgIpc) is 2.39. The topological polar surface area (TPSA) is 9.23 Å². The van der Waals surface area contributed by atoms with Crippen molar-refractivity contribution in [1.82, 2.24) is 0 Å². The number of ether oxygens (including phenoxy) is 1. The second-order valence-corrected chi connectivity index (χ2v) is 4.96. The number of para-hydroxylation sites is 1. The van der Waals surface area contributed by atoms with Crippen molar-refractivity contribution in [1.29, 1.82) is 0 Å². The Morgan fingerprint density at radius 2 is 1.71 bits per heavy atom. The molecule has 0 aliphatic rings. The highest BCUT2D eigenvalue weighted by Gasteiger charge is 2.27. The van der Waals surface area contributed by atoms with E-state index < -0.39 is 0 Å². The minimum atomic E-state index is 0.0205. The maximum absolute atomic E-state index is 6.04. The number of halogens is 2. The molecule has 1 rings (SSSR count). The van der Waals surface area contributed by atoms with Crippen molar-refractivity contribution in [3.8, 4) is 5.75 Å². The Morgan fingerprint density at radius 1 is 1.06 bits per heavy atom. The SMILES string of the molecule is CCCC(CCl)(CCl)CCOc1ccccc1. The standard InChI is InChI=1S/C14H20Cl2O/c1-2-8-14(11-15,12-16)9-10-17-13-6-4-3-5-7-13/h3-7H,2,8-12H2,1H3. The first-order chi connectivity index (χ1) is 8.26. The molecule has 1 aromatic carbocycles. The monoisotopic (exact) mass is 274 g/mol. The lowest BCUT2D eigenvalue weighted by Crippen LogP contribution is -2.27. The van der Waals surface area contributed by atoms with Gasteiger partial charge >= 0.3 is 0 Å². The molecule has 0 unspecified atom stereocenters. The van der Waals surface area contributed by atoms with Crippen molar-refractivity contribution in [3.63, 3.8) is 0 Å². The minimum absolute atomic E-state index is 0.0205. The lowest BCUT2D eigenvalue weighted by Gasteiger charge is -2.29. The lowest BCUT2D eigenvalue weighted by atomic mass is 9.84. The molecule has 0 aliphatic carbocycles. The summed E-state index contributed by atoms with van der Waals surface area (Å²) < 4.78 is 5.69. The third-order valence-corrected chi connectivity index (χ3v) is 4.13. The summed E-state index contributed by atoms with van der Waals surface area (Å²) in [6.07, 6.45) is 3.06. The van der Waals surface area contributed by atoms with Crippen molar-refractivity contribution < 1.29 is 4.74 Å². The summed E-state index contributed by atoms with van der Waals surface area (Å²) in [4.78, 5) is 0. The van der Waals surface area contributed by atoms with Gasteiger partial charge in [0.05, 0.1) is 6.61 Å². The first kappa shape index (κ1) is 14.7. The average molecular weight is 275 g/mol. The molecule has 0 heterocycles. The van der Waals surface area contributed by atoms with Crippen LogP contribution in [0.1, 0.15) is 26.2 Å². The molecule has 1 aromatic rings. The zero-order valence-corrected chi connectivity index (χ0v) is 11.8. The molecule has 0 saturated carbocycles. The summed E-state index contributed by atoms with van der Waals surface area (Å²) in [5.74, 6) is 2.10. The maximum atomic E-state index is 6.04. The molecular formula is C14H20Cl2O. The van der Waals surface area contributed by atoms with Gasteiger partial charge in [-0.15, -0.1) is 23.2 Å². The van der Waals surface area contributed by atoms with Gasteiger partial charge in [-0.3, -0.25) is 0 Å². The number of alkyl halides is 2. The second-order valence-electron chi connectivity index (χ2n) is 4.43. The largest absolute Gasteiger partial charge is 0.494 e. The van der Waals surface area contributed by atoms with Crippen LogP contribution >= 0.6 is 23.2 Å². The first-order valence-electron chi connectivity index (χ1n) is 6.06. The lowest BCUT2D eigenvalue weighted by molar-refractivity contribution is 0.222. The highest BCUT2D eigenvalue weighted by molar-refractivity contribution is 6.21. The Bertz CT molecular complexity index is 296. The van der Waals surface area contributed by atoms with Crippen LogP contribution in [0.15, 0.2) is 30.3 Å². The van der Waals surface area contributed by atoms with Crippen molar-refractivity contribution in [2.75, 3.05) is 18.4 Å². The van der Waals surface area contributed by atoms with Gasteiger partial charge in [0.1, 0.15) is 5.75 Å². The van der Waals surface area contributed by atoms with Crippen LogP contribution in [-0.2, 0) is 0 Å². The van der Waals surface area contributed by atoms with Gasteiger partial charge in [0.15, 0.2) is 0 Å². The molecule has 3 heteroatoms. The van der Waals surface area contributed by atoms with Crippen LogP contribution in [0.5, 0.6) is 5.75 Å². The Balaban J connectivity index is 2.42. The minimum Gasteiger partial charge on any atom is -0.494 e. The smallest absolute Gasteiger partial charge is 0.119 e. The van der Waals surface area contributed by atoms with Crippen molar-refractivity contribution in [3.05, 3.63) is 30.3 Å².